The van der Waals surface area contributed by atoms with Gasteiger partial charge in [0, 0.05) is 18.7 Å². The third kappa shape index (κ3) is 3.54. The third-order valence-corrected chi connectivity index (χ3v) is 5.22. The first-order valence-corrected chi connectivity index (χ1v) is 9.42. The molecular weight excluding hydrogens is 383 g/mol. The van der Waals surface area contributed by atoms with Gasteiger partial charge in [-0.05, 0) is 49.6 Å². The fraction of sp³-hybridized carbons (Fsp3) is 0.333. The number of carbonyl (C=O) groups is 1. The number of halogens is 3. The van der Waals surface area contributed by atoms with E-state index in [1.165, 1.54) is 23.9 Å². The molecular formula is C21H20F3N3O2. The van der Waals surface area contributed by atoms with Gasteiger partial charge in [0.15, 0.2) is 0 Å². The first-order valence-electron chi connectivity index (χ1n) is 9.42. The number of piperidine rings is 1. The second kappa shape index (κ2) is 7.42. The van der Waals surface area contributed by atoms with E-state index in [-0.39, 0.29) is 11.7 Å². The number of fused-ring (bicyclic) bond motifs is 1. The number of rotatable bonds is 3. The first-order chi connectivity index (χ1) is 13.9. The number of likely N-dealkylation sites (tertiary alicyclic amines) is 1. The van der Waals surface area contributed by atoms with Crippen LogP contribution in [-0.2, 0) is 6.18 Å². The predicted octanol–water partition coefficient (Wildman–Crippen LogP) is 4.65. The number of methoxy groups -OCH3 is 1. The topological polar surface area (TPSA) is 46.8 Å². The van der Waals surface area contributed by atoms with Gasteiger partial charge in [-0.1, -0.05) is 6.07 Å². The predicted molar refractivity (Wildman–Crippen MR) is 102 cm³/mol. The van der Waals surface area contributed by atoms with Crippen molar-refractivity contribution in [2.75, 3.05) is 20.2 Å². The second-order valence-electron chi connectivity index (χ2n) is 7.03. The summed E-state index contributed by atoms with van der Waals surface area (Å²) in [4.78, 5) is 14.7. The van der Waals surface area contributed by atoms with Crippen LogP contribution in [0.1, 0.15) is 35.2 Å². The van der Waals surface area contributed by atoms with E-state index in [1.54, 1.807) is 24.3 Å². The van der Waals surface area contributed by atoms with Gasteiger partial charge in [0.1, 0.15) is 5.75 Å². The Morgan fingerprint density at radius 2 is 1.86 bits per heavy atom. The highest BCUT2D eigenvalue weighted by molar-refractivity contribution is 6.01. The summed E-state index contributed by atoms with van der Waals surface area (Å²) in [5.41, 5.74) is 0.976. The van der Waals surface area contributed by atoms with Gasteiger partial charge in [-0.3, -0.25) is 4.79 Å². The molecule has 0 atom stereocenters. The Bertz CT molecular complexity index is 1050. The van der Waals surface area contributed by atoms with Gasteiger partial charge in [0.05, 0.1) is 35.6 Å². The summed E-state index contributed by atoms with van der Waals surface area (Å²) in [5.74, 6) is -0.336. The number of carbonyl (C=O) groups excluding carboxylic acids is 1. The highest BCUT2D eigenvalue weighted by atomic mass is 19.4. The fourth-order valence-corrected chi connectivity index (χ4v) is 3.75. The highest BCUT2D eigenvalue weighted by Crippen LogP contribution is 2.38. The van der Waals surface area contributed by atoms with Crippen molar-refractivity contribution in [2.45, 2.75) is 25.4 Å². The van der Waals surface area contributed by atoms with Crippen LogP contribution in [0.2, 0.25) is 0 Å². The number of benzene rings is 1. The molecule has 2 aromatic heterocycles. The van der Waals surface area contributed by atoms with Crippen molar-refractivity contribution in [3.05, 3.63) is 53.7 Å². The van der Waals surface area contributed by atoms with E-state index in [0.29, 0.717) is 35.4 Å². The maximum atomic E-state index is 13.4. The Morgan fingerprint density at radius 3 is 2.55 bits per heavy atom. The van der Waals surface area contributed by atoms with Crippen LogP contribution in [0.3, 0.4) is 0 Å². The molecule has 0 unspecified atom stereocenters. The highest BCUT2D eigenvalue weighted by Gasteiger charge is 2.34. The normalized spacial score (nSPS) is 15.0. The van der Waals surface area contributed by atoms with Crippen molar-refractivity contribution in [3.8, 4) is 17.0 Å². The molecule has 1 saturated heterocycles. The number of hydrogen-bond donors (Lipinski definition) is 0. The van der Waals surface area contributed by atoms with Crippen molar-refractivity contribution < 1.29 is 22.7 Å². The first kappa shape index (κ1) is 19.3. The van der Waals surface area contributed by atoms with Crippen LogP contribution >= 0.6 is 0 Å². The summed E-state index contributed by atoms with van der Waals surface area (Å²) in [5, 5.41) is 4.30. The Morgan fingerprint density at radius 1 is 1.10 bits per heavy atom. The number of nitrogens with zero attached hydrogens (tertiary/aromatic N) is 3. The Balaban J connectivity index is 1.78. The minimum absolute atomic E-state index is 0.0949. The SMILES string of the molecule is COc1ccc(-c2cccc3c(C(=O)N4CCCCC4)cnn23)cc1C(F)(F)F. The number of pyridine rings is 1. The molecule has 3 heterocycles. The third-order valence-electron chi connectivity index (χ3n) is 5.22. The van der Waals surface area contributed by atoms with Crippen molar-refractivity contribution in [1.82, 2.24) is 14.5 Å². The lowest BCUT2D eigenvalue weighted by Crippen LogP contribution is -2.35. The van der Waals surface area contributed by atoms with Gasteiger partial charge in [-0.15, -0.1) is 0 Å². The number of alkyl halides is 3. The van der Waals surface area contributed by atoms with E-state index in [1.807, 2.05) is 4.90 Å². The zero-order chi connectivity index (χ0) is 20.6. The molecule has 3 aromatic rings. The monoisotopic (exact) mass is 403 g/mol. The van der Waals surface area contributed by atoms with Crippen molar-refractivity contribution >= 4 is 11.4 Å². The summed E-state index contributed by atoms with van der Waals surface area (Å²) in [6.07, 6.45) is 0.00492. The largest absolute Gasteiger partial charge is 0.496 e. The quantitative estimate of drug-likeness (QED) is 0.639. The molecule has 8 heteroatoms. The summed E-state index contributed by atoms with van der Waals surface area (Å²) in [6, 6.07) is 9.04. The summed E-state index contributed by atoms with van der Waals surface area (Å²) in [6.45, 7) is 1.42. The van der Waals surface area contributed by atoms with E-state index < -0.39 is 11.7 Å². The maximum absolute atomic E-state index is 13.4. The van der Waals surface area contributed by atoms with Crippen molar-refractivity contribution in [2.24, 2.45) is 0 Å². The van der Waals surface area contributed by atoms with E-state index in [9.17, 15) is 18.0 Å². The second-order valence-corrected chi connectivity index (χ2v) is 7.03. The molecule has 29 heavy (non-hydrogen) atoms. The number of aromatic nitrogens is 2. The molecule has 0 saturated carbocycles. The molecule has 1 fully saturated rings. The lowest BCUT2D eigenvalue weighted by Gasteiger charge is -2.26. The van der Waals surface area contributed by atoms with E-state index >= 15 is 0 Å². The minimum atomic E-state index is -4.55. The molecule has 1 aromatic carbocycles. The van der Waals surface area contributed by atoms with Gasteiger partial charge in [-0.2, -0.15) is 18.3 Å². The molecule has 1 aliphatic rings. The Labute approximate surface area is 165 Å². The van der Waals surface area contributed by atoms with E-state index in [4.69, 9.17) is 4.74 Å². The summed E-state index contributed by atoms with van der Waals surface area (Å²) < 4.78 is 46.6. The van der Waals surface area contributed by atoms with Gasteiger partial charge in [0.2, 0.25) is 0 Å². The minimum Gasteiger partial charge on any atom is -0.496 e. The van der Waals surface area contributed by atoms with Crippen LogP contribution in [0, 0.1) is 0 Å². The number of amides is 1. The van der Waals surface area contributed by atoms with Gasteiger partial charge < -0.3 is 9.64 Å². The molecule has 5 nitrogen and oxygen atoms in total. The molecule has 4 rings (SSSR count). The fourth-order valence-electron chi connectivity index (χ4n) is 3.75. The van der Waals surface area contributed by atoms with Crippen LogP contribution in [0.25, 0.3) is 16.8 Å². The van der Waals surface area contributed by atoms with Crippen LogP contribution in [-0.4, -0.2) is 40.6 Å². The summed E-state index contributed by atoms with van der Waals surface area (Å²) in [7, 11) is 1.21. The Kier molecular flexibility index (Phi) is 4.94. The van der Waals surface area contributed by atoms with Crippen LogP contribution in [0.4, 0.5) is 13.2 Å². The lowest BCUT2D eigenvalue weighted by molar-refractivity contribution is -0.138. The van der Waals surface area contributed by atoms with E-state index in [2.05, 4.69) is 5.10 Å². The zero-order valence-electron chi connectivity index (χ0n) is 15.9. The van der Waals surface area contributed by atoms with Crippen LogP contribution in [0.15, 0.2) is 42.6 Å². The average molecular weight is 403 g/mol. The molecule has 0 aliphatic carbocycles. The molecule has 0 N–H and O–H groups in total. The molecule has 1 aliphatic heterocycles. The molecule has 152 valence electrons. The van der Waals surface area contributed by atoms with Gasteiger partial charge >= 0.3 is 6.18 Å². The molecule has 1 amide bonds. The molecule has 0 spiro atoms. The van der Waals surface area contributed by atoms with Gasteiger partial charge in [-0.25, -0.2) is 4.52 Å². The van der Waals surface area contributed by atoms with Crippen molar-refractivity contribution in [3.63, 3.8) is 0 Å². The maximum Gasteiger partial charge on any atom is 0.419 e. The summed E-state index contributed by atoms with van der Waals surface area (Å²) >= 11 is 0. The van der Waals surface area contributed by atoms with E-state index in [0.717, 1.165) is 25.3 Å². The average Bonchev–Trinajstić information content (AvgIpc) is 3.17. The lowest BCUT2D eigenvalue weighted by atomic mass is 10.1. The smallest absolute Gasteiger partial charge is 0.419 e. The van der Waals surface area contributed by atoms with Gasteiger partial charge in [0.25, 0.3) is 5.91 Å². The zero-order valence-corrected chi connectivity index (χ0v) is 15.9. The molecule has 0 radical (unpaired) electrons. The Hall–Kier alpha value is -3.03. The standard InChI is InChI=1S/C21H20F3N3O2/c1-29-19-9-8-14(12-16(19)21(22,23)24)17-6-5-7-18-15(13-25-27(17)18)20(28)26-10-3-2-4-11-26/h5-9,12-13H,2-4,10-11H2,1H3. The van der Waals surface area contributed by atoms with Crippen LogP contribution in [0.5, 0.6) is 5.75 Å². The van der Waals surface area contributed by atoms with Crippen LogP contribution < -0.4 is 4.74 Å². The van der Waals surface area contributed by atoms with Crippen molar-refractivity contribution in [1.29, 1.82) is 0 Å². The number of ether oxygens (including phenoxy) is 1. The number of hydrogen-bond acceptors (Lipinski definition) is 3. The molecule has 0 bridgehead atoms.